The highest BCUT2D eigenvalue weighted by Crippen LogP contribution is 2.27. The lowest BCUT2D eigenvalue weighted by Crippen LogP contribution is -2.12. The summed E-state index contributed by atoms with van der Waals surface area (Å²) in [4.78, 5) is 11.7. The van der Waals surface area contributed by atoms with Crippen LogP contribution in [-0.2, 0) is 4.79 Å². The van der Waals surface area contributed by atoms with Gasteiger partial charge in [0.15, 0.2) is 0 Å². The molecule has 1 saturated carbocycles. The number of nitrogens with zero attached hydrogens (tertiary/aromatic N) is 2. The van der Waals surface area contributed by atoms with Gasteiger partial charge in [0, 0.05) is 6.42 Å². The second kappa shape index (κ2) is 6.83. The van der Waals surface area contributed by atoms with Crippen LogP contribution >= 0.6 is 11.3 Å². The van der Waals surface area contributed by atoms with Gasteiger partial charge in [-0.2, -0.15) is 0 Å². The first kappa shape index (κ1) is 13.5. The zero-order valence-corrected chi connectivity index (χ0v) is 11.8. The van der Waals surface area contributed by atoms with E-state index in [2.05, 4.69) is 15.5 Å². The summed E-state index contributed by atoms with van der Waals surface area (Å²) in [5, 5.41) is 12.1. The van der Waals surface area contributed by atoms with Crippen LogP contribution in [0.2, 0.25) is 0 Å². The summed E-state index contributed by atoms with van der Waals surface area (Å²) in [6.07, 6.45) is 9.66. The van der Waals surface area contributed by atoms with Gasteiger partial charge < -0.3 is 5.32 Å². The number of aryl methyl sites for hydroxylation is 1. The third kappa shape index (κ3) is 4.37. The van der Waals surface area contributed by atoms with E-state index in [9.17, 15) is 4.79 Å². The highest BCUT2D eigenvalue weighted by Gasteiger charge is 2.14. The number of amides is 1. The molecule has 0 atom stereocenters. The molecule has 4 nitrogen and oxygen atoms in total. The Bertz CT molecular complexity index is 385. The molecule has 0 aromatic carbocycles. The number of rotatable bonds is 5. The molecule has 1 fully saturated rings. The van der Waals surface area contributed by atoms with E-state index < -0.39 is 0 Å². The van der Waals surface area contributed by atoms with Crippen molar-refractivity contribution in [2.45, 2.75) is 58.3 Å². The van der Waals surface area contributed by atoms with E-state index in [1.54, 1.807) is 0 Å². The Hall–Kier alpha value is -0.970. The molecule has 1 amide bonds. The second-order valence-corrected chi connectivity index (χ2v) is 6.25. The fourth-order valence-corrected chi connectivity index (χ4v) is 3.16. The van der Waals surface area contributed by atoms with E-state index in [0.717, 1.165) is 17.3 Å². The molecule has 100 valence electrons. The van der Waals surface area contributed by atoms with Crippen molar-refractivity contribution < 1.29 is 4.79 Å². The molecule has 0 radical (unpaired) electrons. The largest absolute Gasteiger partial charge is 0.301 e. The Balaban J connectivity index is 1.62. The molecule has 0 bridgehead atoms. The van der Waals surface area contributed by atoms with Crippen LogP contribution in [0.3, 0.4) is 0 Å². The lowest BCUT2D eigenvalue weighted by molar-refractivity contribution is -0.116. The maximum absolute atomic E-state index is 11.7. The van der Waals surface area contributed by atoms with E-state index in [4.69, 9.17) is 0 Å². The highest BCUT2D eigenvalue weighted by molar-refractivity contribution is 7.15. The number of carbonyl (C=O) groups excluding carboxylic acids is 1. The molecule has 0 aliphatic heterocycles. The lowest BCUT2D eigenvalue weighted by Gasteiger charge is -2.20. The summed E-state index contributed by atoms with van der Waals surface area (Å²) >= 11 is 1.42. The van der Waals surface area contributed by atoms with Crippen LogP contribution in [0.25, 0.3) is 0 Å². The Kier molecular flexibility index (Phi) is 5.11. The number of anilines is 1. The number of nitrogens with one attached hydrogen (secondary N) is 1. The molecule has 1 aromatic rings. The molecular formula is C13H21N3OS. The van der Waals surface area contributed by atoms with Crippen molar-refractivity contribution in [1.29, 1.82) is 0 Å². The molecule has 1 aliphatic carbocycles. The average molecular weight is 267 g/mol. The summed E-state index contributed by atoms with van der Waals surface area (Å²) in [5.41, 5.74) is 0. The lowest BCUT2D eigenvalue weighted by atomic mass is 9.86. The van der Waals surface area contributed by atoms with Crippen molar-refractivity contribution >= 4 is 22.4 Å². The van der Waals surface area contributed by atoms with E-state index in [1.807, 2.05) is 6.92 Å². The predicted octanol–water partition coefficient (Wildman–Crippen LogP) is 3.54. The van der Waals surface area contributed by atoms with E-state index in [0.29, 0.717) is 11.6 Å². The molecule has 0 unspecified atom stereocenters. The summed E-state index contributed by atoms with van der Waals surface area (Å²) in [6, 6.07) is 0. The summed E-state index contributed by atoms with van der Waals surface area (Å²) < 4.78 is 0. The van der Waals surface area contributed by atoms with Gasteiger partial charge in [0.2, 0.25) is 11.0 Å². The van der Waals surface area contributed by atoms with Crippen molar-refractivity contribution in [3.63, 3.8) is 0 Å². The van der Waals surface area contributed by atoms with E-state index in [1.165, 1.54) is 49.9 Å². The number of aromatic nitrogens is 2. The summed E-state index contributed by atoms with van der Waals surface area (Å²) in [7, 11) is 0. The van der Waals surface area contributed by atoms with Crippen LogP contribution in [0.5, 0.6) is 0 Å². The first-order valence-corrected chi connectivity index (χ1v) is 7.65. The van der Waals surface area contributed by atoms with Crippen LogP contribution in [-0.4, -0.2) is 16.1 Å². The zero-order valence-electron chi connectivity index (χ0n) is 10.9. The maximum Gasteiger partial charge on any atom is 0.226 e. The quantitative estimate of drug-likeness (QED) is 0.887. The molecule has 0 spiro atoms. The maximum atomic E-state index is 11.7. The minimum atomic E-state index is 0.0713. The molecule has 18 heavy (non-hydrogen) atoms. The Morgan fingerprint density at radius 3 is 2.78 bits per heavy atom. The van der Waals surface area contributed by atoms with Gasteiger partial charge in [0.05, 0.1) is 0 Å². The first-order valence-electron chi connectivity index (χ1n) is 6.84. The van der Waals surface area contributed by atoms with Gasteiger partial charge in [-0.25, -0.2) is 0 Å². The summed E-state index contributed by atoms with van der Waals surface area (Å²) in [6.45, 7) is 1.89. The molecule has 5 heteroatoms. The number of hydrogen-bond donors (Lipinski definition) is 1. The Morgan fingerprint density at radius 1 is 1.33 bits per heavy atom. The summed E-state index contributed by atoms with van der Waals surface area (Å²) in [5.74, 6) is 0.928. The second-order valence-electron chi connectivity index (χ2n) is 5.07. The topological polar surface area (TPSA) is 54.9 Å². The van der Waals surface area contributed by atoms with Crippen molar-refractivity contribution in [2.75, 3.05) is 5.32 Å². The van der Waals surface area contributed by atoms with Crippen LogP contribution < -0.4 is 5.32 Å². The number of hydrogen-bond acceptors (Lipinski definition) is 4. The fourth-order valence-electron chi connectivity index (χ4n) is 2.56. The van der Waals surface area contributed by atoms with Crippen LogP contribution in [0.15, 0.2) is 0 Å². The molecule has 1 aliphatic rings. The molecule has 1 heterocycles. The molecule has 1 aromatic heterocycles. The SMILES string of the molecule is Cc1nnc(NC(=O)CCCC2CCCCC2)s1. The van der Waals surface area contributed by atoms with Gasteiger partial charge in [0.25, 0.3) is 0 Å². The fraction of sp³-hybridized carbons (Fsp3) is 0.769. The third-order valence-electron chi connectivity index (χ3n) is 3.51. The van der Waals surface area contributed by atoms with Crippen molar-refractivity contribution in [2.24, 2.45) is 5.92 Å². The predicted molar refractivity (Wildman–Crippen MR) is 73.7 cm³/mol. The smallest absolute Gasteiger partial charge is 0.226 e. The van der Waals surface area contributed by atoms with Crippen LogP contribution in [0.1, 0.15) is 56.4 Å². The zero-order chi connectivity index (χ0) is 12.8. The Morgan fingerprint density at radius 2 is 2.11 bits per heavy atom. The first-order chi connectivity index (χ1) is 8.74. The average Bonchev–Trinajstić information content (AvgIpc) is 2.76. The third-order valence-corrected chi connectivity index (χ3v) is 4.27. The van der Waals surface area contributed by atoms with Gasteiger partial charge in [-0.05, 0) is 25.7 Å². The normalized spacial score (nSPS) is 16.7. The Labute approximate surface area is 112 Å². The van der Waals surface area contributed by atoms with Crippen LogP contribution in [0, 0.1) is 12.8 Å². The molecule has 0 saturated heterocycles. The van der Waals surface area contributed by atoms with Gasteiger partial charge in [-0.1, -0.05) is 43.4 Å². The van der Waals surface area contributed by atoms with E-state index in [-0.39, 0.29) is 5.91 Å². The standard InChI is InChI=1S/C13H21N3OS/c1-10-15-16-13(18-10)14-12(17)9-5-8-11-6-3-2-4-7-11/h11H,2-9H2,1H3,(H,14,16,17). The van der Waals surface area contributed by atoms with Crippen molar-refractivity contribution in [3.8, 4) is 0 Å². The van der Waals surface area contributed by atoms with Crippen molar-refractivity contribution in [3.05, 3.63) is 5.01 Å². The molecule has 1 N–H and O–H groups in total. The monoisotopic (exact) mass is 267 g/mol. The minimum absolute atomic E-state index is 0.0713. The van der Waals surface area contributed by atoms with Crippen LogP contribution in [0.4, 0.5) is 5.13 Å². The van der Waals surface area contributed by atoms with Gasteiger partial charge in [-0.15, -0.1) is 10.2 Å². The number of carbonyl (C=O) groups is 1. The highest BCUT2D eigenvalue weighted by atomic mass is 32.1. The molecule has 2 rings (SSSR count). The van der Waals surface area contributed by atoms with Gasteiger partial charge >= 0.3 is 0 Å². The minimum Gasteiger partial charge on any atom is -0.301 e. The van der Waals surface area contributed by atoms with E-state index >= 15 is 0 Å². The van der Waals surface area contributed by atoms with Crippen molar-refractivity contribution in [1.82, 2.24) is 10.2 Å². The van der Waals surface area contributed by atoms with Gasteiger partial charge in [-0.3, -0.25) is 4.79 Å². The van der Waals surface area contributed by atoms with Gasteiger partial charge in [0.1, 0.15) is 5.01 Å². The molecular weight excluding hydrogens is 246 g/mol.